The first-order chi connectivity index (χ1) is 8.81. The number of morpholine rings is 1. The zero-order chi connectivity index (χ0) is 14.1. The predicted octanol–water partition coefficient (Wildman–Crippen LogP) is 2.65. The molecule has 0 amide bonds. The highest BCUT2D eigenvalue weighted by molar-refractivity contribution is 7.15. The van der Waals surface area contributed by atoms with Gasteiger partial charge in [-0.15, -0.1) is 11.3 Å². The molecule has 0 aliphatic carbocycles. The highest BCUT2D eigenvalue weighted by atomic mass is 32.1. The molecule has 5 heteroatoms. The molecule has 0 unspecified atom stereocenters. The monoisotopic (exact) mass is 283 g/mol. The maximum Gasteiger partial charge on any atom is 0.185 e. The number of ether oxygens (including phenoxy) is 1. The van der Waals surface area contributed by atoms with Crippen molar-refractivity contribution >= 4 is 16.5 Å². The third kappa shape index (κ3) is 3.91. The average Bonchev–Trinajstić information content (AvgIpc) is 2.70. The minimum atomic E-state index is -0.130. The van der Waals surface area contributed by atoms with Gasteiger partial charge in [-0.1, -0.05) is 6.92 Å². The van der Waals surface area contributed by atoms with Crippen molar-refractivity contribution in [3.8, 4) is 0 Å². The summed E-state index contributed by atoms with van der Waals surface area (Å²) >= 11 is 1.78. The summed E-state index contributed by atoms with van der Waals surface area (Å²) in [7, 11) is 0. The van der Waals surface area contributed by atoms with E-state index in [4.69, 9.17) is 4.74 Å². The topological polar surface area (TPSA) is 37.4 Å². The Bertz CT molecular complexity index is 412. The van der Waals surface area contributed by atoms with E-state index in [-0.39, 0.29) is 11.2 Å². The van der Waals surface area contributed by atoms with Gasteiger partial charge >= 0.3 is 0 Å². The van der Waals surface area contributed by atoms with Crippen molar-refractivity contribution in [3.05, 3.63) is 11.1 Å². The van der Waals surface area contributed by atoms with E-state index >= 15 is 0 Å². The van der Waals surface area contributed by atoms with Crippen LogP contribution in [0, 0.1) is 0 Å². The molecular weight excluding hydrogens is 258 g/mol. The van der Waals surface area contributed by atoms with E-state index in [2.05, 4.69) is 49.8 Å². The number of rotatable bonds is 4. The van der Waals surface area contributed by atoms with Crippen LogP contribution in [0.4, 0.5) is 5.13 Å². The fourth-order valence-electron chi connectivity index (χ4n) is 2.70. The van der Waals surface area contributed by atoms with Crippen LogP contribution in [0.2, 0.25) is 0 Å². The van der Waals surface area contributed by atoms with Crippen molar-refractivity contribution in [1.29, 1.82) is 0 Å². The van der Waals surface area contributed by atoms with Crippen LogP contribution in [0.25, 0.3) is 0 Å². The SMILES string of the molecule is CCNCc1cnc(N2CC(C)(C)OC(C)(C)C2)s1. The van der Waals surface area contributed by atoms with Gasteiger partial charge in [0.05, 0.1) is 11.2 Å². The fraction of sp³-hybridized carbons (Fsp3) is 0.786. The Kier molecular flexibility index (Phi) is 4.18. The Morgan fingerprint density at radius 2 is 1.95 bits per heavy atom. The van der Waals surface area contributed by atoms with Gasteiger partial charge in [-0.2, -0.15) is 0 Å². The number of aromatic nitrogens is 1. The summed E-state index contributed by atoms with van der Waals surface area (Å²) in [5.74, 6) is 0. The maximum atomic E-state index is 6.11. The molecular formula is C14H25N3OS. The predicted molar refractivity (Wildman–Crippen MR) is 81.0 cm³/mol. The summed E-state index contributed by atoms with van der Waals surface area (Å²) in [6, 6.07) is 0. The van der Waals surface area contributed by atoms with E-state index in [0.29, 0.717) is 0 Å². The number of anilines is 1. The van der Waals surface area contributed by atoms with Gasteiger partial charge in [0.15, 0.2) is 5.13 Å². The first kappa shape index (κ1) is 14.8. The van der Waals surface area contributed by atoms with Crippen LogP contribution >= 0.6 is 11.3 Å². The number of thiazole rings is 1. The Morgan fingerprint density at radius 1 is 1.32 bits per heavy atom. The van der Waals surface area contributed by atoms with Gasteiger partial charge in [0.2, 0.25) is 0 Å². The molecule has 19 heavy (non-hydrogen) atoms. The van der Waals surface area contributed by atoms with Gasteiger partial charge in [-0.3, -0.25) is 0 Å². The molecule has 2 heterocycles. The highest BCUT2D eigenvalue weighted by Crippen LogP contribution is 2.33. The molecule has 1 aliphatic heterocycles. The summed E-state index contributed by atoms with van der Waals surface area (Å²) in [6.07, 6.45) is 1.98. The van der Waals surface area contributed by atoms with Crippen molar-refractivity contribution in [1.82, 2.24) is 10.3 Å². The van der Waals surface area contributed by atoms with E-state index in [1.165, 1.54) is 4.88 Å². The average molecular weight is 283 g/mol. The van der Waals surface area contributed by atoms with E-state index in [0.717, 1.165) is 31.3 Å². The molecule has 0 saturated carbocycles. The molecule has 108 valence electrons. The van der Waals surface area contributed by atoms with Gasteiger partial charge in [0.25, 0.3) is 0 Å². The molecule has 4 nitrogen and oxygen atoms in total. The lowest BCUT2D eigenvalue weighted by atomic mass is 9.99. The van der Waals surface area contributed by atoms with E-state index in [9.17, 15) is 0 Å². The van der Waals surface area contributed by atoms with Crippen molar-refractivity contribution in [3.63, 3.8) is 0 Å². The smallest absolute Gasteiger partial charge is 0.185 e. The first-order valence-electron chi connectivity index (χ1n) is 6.92. The van der Waals surface area contributed by atoms with Gasteiger partial charge < -0.3 is 15.0 Å². The highest BCUT2D eigenvalue weighted by Gasteiger charge is 2.39. The lowest BCUT2D eigenvalue weighted by molar-refractivity contribution is -0.133. The molecule has 1 saturated heterocycles. The summed E-state index contributed by atoms with van der Waals surface area (Å²) in [6.45, 7) is 14.4. The van der Waals surface area contributed by atoms with Crippen LogP contribution in [0.1, 0.15) is 39.5 Å². The summed E-state index contributed by atoms with van der Waals surface area (Å²) in [5, 5.41) is 4.45. The van der Waals surface area contributed by atoms with Crippen LogP contribution in [-0.4, -0.2) is 35.8 Å². The normalized spacial score (nSPS) is 21.6. The van der Waals surface area contributed by atoms with Gasteiger partial charge in [-0.25, -0.2) is 4.98 Å². The second-order valence-corrected chi connectivity index (χ2v) is 7.46. The van der Waals surface area contributed by atoms with Crippen molar-refractivity contribution < 1.29 is 4.74 Å². The van der Waals surface area contributed by atoms with Crippen molar-refractivity contribution in [2.24, 2.45) is 0 Å². The largest absolute Gasteiger partial charge is 0.366 e. The van der Waals surface area contributed by atoms with Crippen molar-refractivity contribution in [2.75, 3.05) is 24.5 Å². The number of hydrogen-bond donors (Lipinski definition) is 1. The summed E-state index contributed by atoms with van der Waals surface area (Å²) in [4.78, 5) is 8.21. The molecule has 0 spiro atoms. The van der Waals surface area contributed by atoms with Crippen LogP contribution in [0.5, 0.6) is 0 Å². The van der Waals surface area contributed by atoms with Crippen molar-refractivity contribution in [2.45, 2.75) is 52.4 Å². The minimum absolute atomic E-state index is 0.130. The van der Waals surface area contributed by atoms with E-state index < -0.39 is 0 Å². The fourth-order valence-corrected chi connectivity index (χ4v) is 3.57. The second-order valence-electron chi connectivity index (χ2n) is 6.37. The second kappa shape index (κ2) is 5.38. The van der Waals surface area contributed by atoms with Crippen LogP contribution in [0.15, 0.2) is 6.20 Å². The Hall–Kier alpha value is -0.650. The number of nitrogens with zero attached hydrogens (tertiary/aromatic N) is 2. The zero-order valence-corrected chi connectivity index (χ0v) is 13.4. The number of nitrogens with one attached hydrogen (secondary N) is 1. The van der Waals surface area contributed by atoms with E-state index in [1.807, 2.05) is 6.20 Å². The molecule has 1 aromatic rings. The lowest BCUT2D eigenvalue weighted by Gasteiger charge is -2.47. The van der Waals surface area contributed by atoms with Crippen LogP contribution < -0.4 is 10.2 Å². The minimum Gasteiger partial charge on any atom is -0.366 e. The molecule has 0 bridgehead atoms. The third-order valence-corrected chi connectivity index (χ3v) is 4.12. The molecule has 0 radical (unpaired) electrons. The maximum absolute atomic E-state index is 6.11. The Morgan fingerprint density at radius 3 is 2.53 bits per heavy atom. The van der Waals surface area contributed by atoms with Crippen LogP contribution in [-0.2, 0) is 11.3 Å². The Balaban J connectivity index is 2.10. The zero-order valence-electron chi connectivity index (χ0n) is 12.6. The van der Waals surface area contributed by atoms with Gasteiger partial charge in [0.1, 0.15) is 0 Å². The molecule has 2 rings (SSSR count). The quantitative estimate of drug-likeness (QED) is 0.922. The molecule has 1 N–H and O–H groups in total. The third-order valence-electron chi connectivity index (χ3n) is 3.06. The molecule has 1 aromatic heterocycles. The molecule has 0 aromatic carbocycles. The standard InChI is InChI=1S/C14H25N3OS/c1-6-15-7-11-8-16-12(19-11)17-9-13(2,3)18-14(4,5)10-17/h8,15H,6-7,9-10H2,1-5H3. The van der Waals surface area contributed by atoms with E-state index in [1.54, 1.807) is 11.3 Å². The van der Waals surface area contributed by atoms with Crippen LogP contribution in [0.3, 0.4) is 0 Å². The first-order valence-corrected chi connectivity index (χ1v) is 7.73. The van der Waals surface area contributed by atoms with Gasteiger partial charge in [-0.05, 0) is 34.2 Å². The Labute approximate surface area is 120 Å². The lowest BCUT2D eigenvalue weighted by Crippen LogP contribution is -2.57. The molecule has 1 fully saturated rings. The summed E-state index contributed by atoms with van der Waals surface area (Å²) < 4.78 is 6.11. The molecule has 1 aliphatic rings. The number of hydrogen-bond acceptors (Lipinski definition) is 5. The summed E-state index contributed by atoms with van der Waals surface area (Å²) in [5.41, 5.74) is -0.259. The molecule has 0 atom stereocenters. The van der Waals surface area contributed by atoms with Gasteiger partial charge in [0, 0.05) is 30.7 Å².